The molecule has 0 spiro atoms. The second-order valence-electron chi connectivity index (χ2n) is 4.72. The molecule has 0 aliphatic heterocycles. The molecule has 0 bridgehead atoms. The first-order valence-electron chi connectivity index (χ1n) is 6.46. The van der Waals surface area contributed by atoms with Crippen molar-refractivity contribution >= 4 is 17.5 Å². The number of aromatic nitrogens is 2. The van der Waals surface area contributed by atoms with E-state index < -0.39 is 0 Å². The second-order valence-corrected chi connectivity index (χ2v) is 4.72. The molecule has 1 amide bonds. The van der Waals surface area contributed by atoms with Crippen LogP contribution in [-0.2, 0) is 11.2 Å². The maximum atomic E-state index is 11.6. The average molecular weight is 265 g/mol. The molecule has 0 saturated heterocycles. The molecule has 1 heterocycles. The summed E-state index contributed by atoms with van der Waals surface area (Å²) in [6.07, 6.45) is 0.732. The zero-order valence-electron chi connectivity index (χ0n) is 12.3. The summed E-state index contributed by atoms with van der Waals surface area (Å²) < 4.78 is 0. The van der Waals surface area contributed by atoms with Crippen molar-refractivity contribution in [3.8, 4) is 0 Å². The van der Waals surface area contributed by atoms with Crippen LogP contribution in [-0.4, -0.2) is 36.5 Å². The van der Waals surface area contributed by atoms with E-state index in [1.165, 1.54) is 0 Å². The molecule has 0 fully saturated rings. The number of nitrogens with zero attached hydrogens (tertiary/aromatic N) is 3. The smallest absolute Gasteiger partial charge is 0.224 e. The van der Waals surface area contributed by atoms with Gasteiger partial charge in [0.15, 0.2) is 0 Å². The molecule has 0 aliphatic rings. The fourth-order valence-corrected chi connectivity index (χ4v) is 1.92. The Labute approximate surface area is 114 Å². The van der Waals surface area contributed by atoms with E-state index in [0.29, 0.717) is 12.4 Å². The van der Waals surface area contributed by atoms with Crippen LogP contribution in [0.2, 0.25) is 0 Å². The van der Waals surface area contributed by atoms with E-state index in [2.05, 4.69) is 15.3 Å². The van der Waals surface area contributed by atoms with Gasteiger partial charge in [0.1, 0.15) is 17.5 Å². The maximum Gasteiger partial charge on any atom is 0.224 e. The number of nitrogens with one attached hydrogen (secondary N) is 1. The zero-order valence-corrected chi connectivity index (χ0v) is 12.3. The van der Waals surface area contributed by atoms with Gasteiger partial charge in [0.2, 0.25) is 5.91 Å². The topological polar surface area (TPSA) is 84.1 Å². The predicted molar refractivity (Wildman–Crippen MR) is 77.1 cm³/mol. The van der Waals surface area contributed by atoms with E-state index in [1.54, 1.807) is 7.05 Å². The Balaban J connectivity index is 2.96. The zero-order chi connectivity index (χ0) is 14.6. The predicted octanol–water partition coefficient (Wildman–Crippen LogP) is 0.748. The van der Waals surface area contributed by atoms with Gasteiger partial charge in [-0.05, 0) is 6.92 Å². The van der Waals surface area contributed by atoms with E-state index in [0.717, 1.165) is 23.6 Å². The fourth-order valence-electron chi connectivity index (χ4n) is 1.92. The van der Waals surface area contributed by atoms with Crippen LogP contribution in [0.15, 0.2) is 0 Å². The lowest BCUT2D eigenvalue weighted by Crippen LogP contribution is -2.35. The van der Waals surface area contributed by atoms with Crippen molar-refractivity contribution in [2.24, 2.45) is 5.92 Å². The Morgan fingerprint density at radius 1 is 1.47 bits per heavy atom. The first-order chi connectivity index (χ1) is 8.90. The standard InChI is InChI=1S/C13H23N5O/c1-6-10-16-11(14)9(3)12(17-10)18(5)7-8(2)13(19)15-4/h8H,6-7H2,1-5H3,(H,15,19)(H2,14,16,17). The molecule has 106 valence electrons. The maximum absolute atomic E-state index is 11.6. The Bertz CT molecular complexity index is 461. The number of rotatable bonds is 5. The lowest BCUT2D eigenvalue weighted by atomic mass is 10.1. The lowest BCUT2D eigenvalue weighted by molar-refractivity contribution is -0.123. The number of hydrogen-bond donors (Lipinski definition) is 2. The molecule has 0 aromatic carbocycles. The van der Waals surface area contributed by atoms with Gasteiger partial charge in [-0.15, -0.1) is 0 Å². The average Bonchev–Trinajstić information content (AvgIpc) is 2.40. The van der Waals surface area contributed by atoms with Crippen LogP contribution in [0, 0.1) is 12.8 Å². The van der Waals surface area contributed by atoms with Gasteiger partial charge >= 0.3 is 0 Å². The van der Waals surface area contributed by atoms with E-state index in [1.807, 2.05) is 32.7 Å². The molecule has 0 radical (unpaired) electrons. The van der Waals surface area contributed by atoms with Crippen molar-refractivity contribution in [2.45, 2.75) is 27.2 Å². The summed E-state index contributed by atoms with van der Waals surface area (Å²) in [7, 11) is 3.55. The molecule has 1 atom stereocenters. The van der Waals surface area contributed by atoms with Crippen LogP contribution < -0.4 is 16.0 Å². The summed E-state index contributed by atoms with van der Waals surface area (Å²) in [5.74, 6) is 1.91. The largest absolute Gasteiger partial charge is 0.383 e. The number of aryl methyl sites for hydroxylation is 1. The number of anilines is 2. The summed E-state index contributed by atoms with van der Waals surface area (Å²) in [6, 6.07) is 0. The summed E-state index contributed by atoms with van der Waals surface area (Å²) in [4.78, 5) is 22.2. The van der Waals surface area contributed by atoms with Gasteiger partial charge in [0.25, 0.3) is 0 Å². The molecule has 0 aliphatic carbocycles. The number of nitrogen functional groups attached to an aromatic ring is 1. The summed E-state index contributed by atoms with van der Waals surface area (Å²) >= 11 is 0. The highest BCUT2D eigenvalue weighted by Crippen LogP contribution is 2.21. The molecule has 19 heavy (non-hydrogen) atoms. The number of carbonyl (C=O) groups is 1. The third kappa shape index (κ3) is 3.56. The number of nitrogens with two attached hydrogens (primary N) is 1. The Kier molecular flexibility index (Phi) is 5.09. The van der Waals surface area contributed by atoms with Gasteiger partial charge in [0.05, 0.1) is 5.92 Å². The first kappa shape index (κ1) is 15.2. The second kappa shape index (κ2) is 6.36. The van der Waals surface area contributed by atoms with E-state index in [4.69, 9.17) is 5.73 Å². The van der Waals surface area contributed by atoms with Gasteiger partial charge in [-0.1, -0.05) is 13.8 Å². The minimum atomic E-state index is -0.115. The van der Waals surface area contributed by atoms with Crippen molar-refractivity contribution in [1.29, 1.82) is 0 Å². The third-order valence-corrected chi connectivity index (χ3v) is 3.12. The van der Waals surface area contributed by atoms with Gasteiger partial charge in [-0.25, -0.2) is 9.97 Å². The van der Waals surface area contributed by atoms with E-state index >= 15 is 0 Å². The minimum Gasteiger partial charge on any atom is -0.383 e. The Morgan fingerprint density at radius 3 is 2.63 bits per heavy atom. The molecule has 1 rings (SSSR count). The highest BCUT2D eigenvalue weighted by Gasteiger charge is 2.17. The Hall–Kier alpha value is -1.85. The van der Waals surface area contributed by atoms with Crippen LogP contribution >= 0.6 is 0 Å². The molecular formula is C13H23N5O. The van der Waals surface area contributed by atoms with Crippen molar-refractivity contribution < 1.29 is 4.79 Å². The van der Waals surface area contributed by atoms with E-state index in [9.17, 15) is 4.79 Å². The Morgan fingerprint density at radius 2 is 2.11 bits per heavy atom. The highest BCUT2D eigenvalue weighted by atomic mass is 16.1. The molecule has 1 aromatic rings. The minimum absolute atomic E-state index is 0.0160. The summed E-state index contributed by atoms with van der Waals surface area (Å²) in [5.41, 5.74) is 6.75. The molecule has 3 N–H and O–H groups in total. The van der Waals surface area contributed by atoms with Gasteiger partial charge < -0.3 is 16.0 Å². The van der Waals surface area contributed by atoms with E-state index in [-0.39, 0.29) is 11.8 Å². The van der Waals surface area contributed by atoms with Crippen molar-refractivity contribution in [3.63, 3.8) is 0 Å². The highest BCUT2D eigenvalue weighted by molar-refractivity contribution is 5.78. The third-order valence-electron chi connectivity index (χ3n) is 3.12. The van der Waals surface area contributed by atoms with Crippen molar-refractivity contribution in [1.82, 2.24) is 15.3 Å². The van der Waals surface area contributed by atoms with Crippen LogP contribution in [0.3, 0.4) is 0 Å². The number of hydrogen-bond acceptors (Lipinski definition) is 5. The molecule has 1 unspecified atom stereocenters. The summed E-state index contributed by atoms with van der Waals surface area (Å²) in [6.45, 7) is 6.35. The van der Waals surface area contributed by atoms with Gasteiger partial charge in [-0.3, -0.25) is 4.79 Å². The van der Waals surface area contributed by atoms with Gasteiger partial charge in [-0.2, -0.15) is 0 Å². The normalized spacial score (nSPS) is 12.1. The quantitative estimate of drug-likeness (QED) is 0.820. The molecule has 0 saturated carbocycles. The molecular weight excluding hydrogens is 242 g/mol. The summed E-state index contributed by atoms with van der Waals surface area (Å²) in [5, 5.41) is 2.65. The fraction of sp³-hybridized carbons (Fsp3) is 0.615. The molecule has 6 nitrogen and oxygen atoms in total. The van der Waals surface area contributed by atoms with Crippen LogP contribution in [0.4, 0.5) is 11.6 Å². The van der Waals surface area contributed by atoms with Crippen LogP contribution in [0.5, 0.6) is 0 Å². The molecule has 6 heteroatoms. The lowest BCUT2D eigenvalue weighted by Gasteiger charge is -2.24. The SMILES string of the molecule is CCc1nc(N)c(C)c(N(C)CC(C)C(=O)NC)n1. The van der Waals surface area contributed by atoms with Gasteiger partial charge in [0, 0.05) is 32.6 Å². The van der Waals surface area contributed by atoms with Crippen LogP contribution in [0.25, 0.3) is 0 Å². The number of amides is 1. The van der Waals surface area contributed by atoms with Crippen molar-refractivity contribution in [2.75, 3.05) is 31.3 Å². The van der Waals surface area contributed by atoms with Crippen molar-refractivity contribution in [3.05, 3.63) is 11.4 Å². The molecule has 1 aromatic heterocycles. The first-order valence-corrected chi connectivity index (χ1v) is 6.46. The monoisotopic (exact) mass is 265 g/mol. The number of carbonyl (C=O) groups excluding carboxylic acids is 1. The van der Waals surface area contributed by atoms with Crippen LogP contribution in [0.1, 0.15) is 25.2 Å².